The number of piperidine rings is 2. The van der Waals surface area contributed by atoms with Crippen LogP contribution in [0.25, 0.3) is 22.3 Å². The lowest BCUT2D eigenvalue weighted by molar-refractivity contribution is -0.216. The Hall–Kier alpha value is -4.66. The number of piperazine rings is 1. The summed E-state index contributed by atoms with van der Waals surface area (Å²) in [7, 11) is 1.77. The summed E-state index contributed by atoms with van der Waals surface area (Å²) in [5.41, 5.74) is 15.1. The van der Waals surface area contributed by atoms with Crippen LogP contribution < -0.4 is 21.0 Å². The predicted octanol–water partition coefficient (Wildman–Crippen LogP) is 10.2. The van der Waals surface area contributed by atoms with Gasteiger partial charge in [-0.3, -0.25) is 34.2 Å². The van der Waals surface area contributed by atoms with Gasteiger partial charge in [0.2, 0.25) is 5.91 Å². The van der Waals surface area contributed by atoms with Gasteiger partial charge < -0.3 is 25.0 Å². The Morgan fingerprint density at radius 1 is 0.949 bits per heavy atom. The number of allylic oxidation sites excluding steroid dienone is 2. The number of hydrogen-bond donors (Lipinski definition) is 3. The number of benzene rings is 2. The van der Waals surface area contributed by atoms with Crippen LogP contribution in [0.3, 0.4) is 0 Å². The summed E-state index contributed by atoms with van der Waals surface area (Å²) in [6, 6.07) is 18.5. The Labute approximate surface area is 468 Å². The quantitative estimate of drug-likeness (QED) is 0.133. The molecule has 424 valence electrons. The lowest BCUT2D eigenvalue weighted by Gasteiger charge is -2.71. The topological polar surface area (TPSA) is 132 Å². The average Bonchev–Trinajstić information content (AvgIpc) is 4.09. The minimum absolute atomic E-state index is 0. The number of rotatable bonds is 14. The number of amides is 2. The number of nitrogens with one attached hydrogen (secondary N) is 3. The Balaban J connectivity index is 0.00000240. The Morgan fingerprint density at radius 3 is 2.49 bits per heavy atom. The summed E-state index contributed by atoms with van der Waals surface area (Å²) in [6.07, 6.45) is 17.8. The second kappa shape index (κ2) is 21.3. The number of nitrogens with zero attached hydrogens (tertiary/aromatic N) is 5. The van der Waals surface area contributed by atoms with Gasteiger partial charge in [-0.1, -0.05) is 77.4 Å². The highest BCUT2D eigenvalue weighted by Gasteiger charge is 2.70. The van der Waals surface area contributed by atoms with Crippen LogP contribution in [0.2, 0.25) is 0 Å². The van der Waals surface area contributed by atoms with Crippen LogP contribution in [0.5, 0.6) is 0 Å². The van der Waals surface area contributed by atoms with Crippen molar-refractivity contribution in [1.82, 2.24) is 35.9 Å². The number of pyridine rings is 1. The molecule has 5 unspecified atom stereocenters. The van der Waals surface area contributed by atoms with Crippen molar-refractivity contribution in [2.24, 2.45) is 34.5 Å². The third-order valence-electron chi connectivity index (χ3n) is 21.8. The molecule has 10 atom stereocenters. The molecule has 2 amide bonds. The number of ether oxygens (including phenoxy) is 2. The van der Waals surface area contributed by atoms with Gasteiger partial charge in [0.1, 0.15) is 6.04 Å². The standard InChI is InChI=1S/C64H86N8O5.CH4.2H2/c1-6-47-48-18-17-42(30-49(48)51(33-62(3,4)38-77-39-73)55(47)50-31-46(69-27-23-65-24-28-69)35-66-57(50)40(2)76-5)41-13-9-14-43(29-41)53-52-34-63(19-11-20-63)56(52)54-44-32-64(37-70(36-44)45-15-10-16-45)21-12-25-71(64)59(54)60(74)68-58(53)61(75)72-26-8-7-22-67-72;;;/h9,13-14,17-18,29-31,35,39-40,44-45,47,52-54,56,58-59,65,67H,6-8,10-12,15-16,19-28,32-34,36-38H2,1-5H3,(H,68,74);1H4;2*1H/t40-,44?,47?,52?,53-,54?,56?,58-,59-,64+;;;/m0.../s1. The summed E-state index contributed by atoms with van der Waals surface area (Å²) in [6.45, 7) is 18.0. The van der Waals surface area contributed by atoms with Crippen molar-refractivity contribution in [1.29, 1.82) is 0 Å². The third kappa shape index (κ3) is 9.06. The Bertz CT molecular complexity index is 2790. The molecule has 2 spiro atoms. The summed E-state index contributed by atoms with van der Waals surface area (Å²) >= 11 is 0. The highest BCUT2D eigenvalue weighted by atomic mass is 16.5. The van der Waals surface area contributed by atoms with E-state index in [1.54, 1.807) is 7.11 Å². The maximum absolute atomic E-state index is 15.8. The molecule has 4 aliphatic carbocycles. The molecule has 3 aromatic rings. The van der Waals surface area contributed by atoms with E-state index in [0.29, 0.717) is 43.9 Å². The van der Waals surface area contributed by atoms with Gasteiger partial charge in [-0.05, 0) is 171 Å². The van der Waals surface area contributed by atoms with Crippen molar-refractivity contribution in [3.05, 3.63) is 82.7 Å². The number of aromatic nitrogens is 1. The first-order valence-corrected chi connectivity index (χ1v) is 30.3. The van der Waals surface area contributed by atoms with Crippen molar-refractivity contribution < 1.29 is 26.7 Å². The van der Waals surface area contributed by atoms with Gasteiger partial charge in [-0.15, -0.1) is 0 Å². The van der Waals surface area contributed by atoms with Crippen molar-refractivity contribution in [3.63, 3.8) is 0 Å². The van der Waals surface area contributed by atoms with Crippen LogP contribution >= 0.6 is 0 Å². The molecule has 3 saturated carbocycles. The van der Waals surface area contributed by atoms with Gasteiger partial charge >= 0.3 is 0 Å². The molecule has 0 radical (unpaired) electrons. The van der Waals surface area contributed by atoms with E-state index in [1.807, 2.05) is 11.2 Å². The van der Waals surface area contributed by atoms with E-state index in [2.05, 4.69) is 107 Å². The van der Waals surface area contributed by atoms with E-state index >= 15 is 9.59 Å². The van der Waals surface area contributed by atoms with Crippen molar-refractivity contribution in [3.8, 4) is 11.1 Å². The average molecular weight is 1070 g/mol. The predicted molar refractivity (Wildman–Crippen MR) is 313 cm³/mol. The molecule has 3 N–H and O–H groups in total. The van der Waals surface area contributed by atoms with Gasteiger partial charge in [0.15, 0.2) is 0 Å². The van der Waals surface area contributed by atoms with Crippen LogP contribution in [-0.4, -0.2) is 134 Å². The smallest absolute Gasteiger partial charge is 0.293 e. The summed E-state index contributed by atoms with van der Waals surface area (Å²) in [5, 5.41) is 9.08. The van der Waals surface area contributed by atoms with E-state index in [1.165, 1.54) is 73.6 Å². The van der Waals surface area contributed by atoms with Crippen molar-refractivity contribution in [2.75, 3.05) is 77.5 Å². The highest BCUT2D eigenvalue weighted by Crippen LogP contribution is 2.72. The Kier molecular flexibility index (Phi) is 14.8. The number of carbonyl (C=O) groups excluding carboxylic acids is 3. The van der Waals surface area contributed by atoms with E-state index in [-0.39, 0.29) is 74.3 Å². The molecule has 13 rings (SSSR count). The molecule has 6 aliphatic heterocycles. The van der Waals surface area contributed by atoms with Gasteiger partial charge in [0.05, 0.1) is 36.3 Å². The van der Waals surface area contributed by atoms with E-state index in [0.717, 1.165) is 118 Å². The third-order valence-corrected chi connectivity index (χ3v) is 21.8. The Morgan fingerprint density at radius 2 is 1.77 bits per heavy atom. The van der Waals surface area contributed by atoms with Crippen molar-refractivity contribution in [2.45, 2.75) is 167 Å². The first-order valence-electron chi connectivity index (χ1n) is 30.3. The van der Waals surface area contributed by atoms with E-state index < -0.39 is 6.04 Å². The molecular weight excluding hydrogens is 973 g/mol. The molecule has 1 aromatic heterocycles. The number of likely N-dealkylation sites (tertiary alicyclic amines) is 1. The number of hydrogen-bond acceptors (Lipinski definition) is 11. The molecule has 13 heteroatoms. The number of hydrazine groups is 1. The number of carbonyl (C=O) groups is 3. The molecule has 13 nitrogen and oxygen atoms in total. The zero-order valence-corrected chi connectivity index (χ0v) is 46.8. The summed E-state index contributed by atoms with van der Waals surface area (Å²) < 4.78 is 11.6. The number of methoxy groups -OCH3 is 1. The number of fused-ring (bicyclic) bond motifs is 8. The highest BCUT2D eigenvalue weighted by molar-refractivity contribution is 6.01. The summed E-state index contributed by atoms with van der Waals surface area (Å²) in [4.78, 5) is 56.2. The zero-order valence-electron chi connectivity index (χ0n) is 46.8. The fourth-order valence-corrected chi connectivity index (χ4v) is 17.9. The molecular formula is C65H94N8O5. The SMILES string of the molecule is C.CCC1C(c2cc(N3CCNCC3)cnc2[C@H](C)OC)=C(CC(C)(C)COC=O)c2cc(-c3cccc([C@H]4C5CC6(CCC6)C5C5C6CN(C7CCC7)C[C@@]7(CCCN7[C@@H]5C(=O)N[C@@H]4C(=O)N4CCCCN4)C6)c3)ccc21.[HH].[HH]. The van der Waals surface area contributed by atoms with E-state index in [9.17, 15) is 4.79 Å². The first-order chi connectivity index (χ1) is 37.4. The normalized spacial score (nSPS) is 31.9. The monoisotopic (exact) mass is 1070 g/mol. The lowest BCUT2D eigenvalue weighted by atomic mass is 9.37. The molecule has 7 heterocycles. The first kappa shape index (κ1) is 54.0. The van der Waals surface area contributed by atoms with Crippen molar-refractivity contribution >= 4 is 35.1 Å². The van der Waals surface area contributed by atoms with Crippen LogP contribution in [0, 0.1) is 34.5 Å². The maximum atomic E-state index is 15.8. The zero-order chi connectivity index (χ0) is 52.8. The minimum atomic E-state index is -0.673. The van der Waals surface area contributed by atoms with Crippen LogP contribution in [0.4, 0.5) is 5.69 Å². The fraction of sp³-hybridized carbons (Fsp3) is 0.662. The second-order valence-electron chi connectivity index (χ2n) is 26.5. The molecule has 10 aliphatic rings. The van der Waals surface area contributed by atoms with Gasteiger partial charge in [-0.2, -0.15) is 0 Å². The molecule has 2 bridgehead atoms. The van der Waals surface area contributed by atoms with Gasteiger partial charge in [-0.25, -0.2) is 5.43 Å². The van der Waals surface area contributed by atoms with E-state index in [4.69, 9.17) is 14.5 Å². The maximum Gasteiger partial charge on any atom is 0.293 e. The van der Waals surface area contributed by atoms with Crippen LogP contribution in [-0.2, 0) is 23.9 Å². The second-order valence-corrected chi connectivity index (χ2v) is 26.5. The van der Waals surface area contributed by atoms with Gasteiger partial charge in [0, 0.05) is 96.7 Å². The lowest BCUT2D eigenvalue weighted by Crippen LogP contribution is -2.77. The summed E-state index contributed by atoms with van der Waals surface area (Å²) in [5.74, 6) is 1.51. The van der Waals surface area contributed by atoms with Crippen LogP contribution in [0.15, 0.2) is 54.7 Å². The fourth-order valence-electron chi connectivity index (χ4n) is 17.9. The van der Waals surface area contributed by atoms with Crippen LogP contribution in [0.1, 0.15) is 174 Å². The van der Waals surface area contributed by atoms with Gasteiger partial charge in [0.25, 0.3) is 12.4 Å². The molecule has 78 heavy (non-hydrogen) atoms. The molecule has 2 aromatic carbocycles. The molecule has 6 saturated heterocycles. The minimum Gasteiger partial charge on any atom is -0.467 e. The number of anilines is 1. The molecule has 9 fully saturated rings. The largest absolute Gasteiger partial charge is 0.467 e.